The van der Waals surface area contributed by atoms with Gasteiger partial charge in [0.25, 0.3) is 5.91 Å². The summed E-state index contributed by atoms with van der Waals surface area (Å²) in [5.41, 5.74) is 2.82. The molecule has 1 saturated heterocycles. The number of nitrogens with zero attached hydrogens (tertiary/aromatic N) is 2. The second kappa shape index (κ2) is 10.4. The number of halogens is 2. The minimum atomic E-state index is -0.668. The van der Waals surface area contributed by atoms with Gasteiger partial charge in [0.05, 0.1) is 16.0 Å². The van der Waals surface area contributed by atoms with Crippen molar-refractivity contribution in [3.05, 3.63) is 105 Å². The zero-order valence-corrected chi connectivity index (χ0v) is 20.4. The topological polar surface area (TPSA) is 73.2 Å². The van der Waals surface area contributed by atoms with E-state index >= 15 is 0 Å². The lowest BCUT2D eigenvalue weighted by molar-refractivity contribution is -0.117. The summed E-state index contributed by atoms with van der Waals surface area (Å²) >= 11 is 13.4. The van der Waals surface area contributed by atoms with Crippen molar-refractivity contribution in [1.29, 1.82) is 5.26 Å². The van der Waals surface area contributed by atoms with Gasteiger partial charge >= 0.3 is 0 Å². The SMILES string of the molecule is Cc1ccc(CC2S/C(=C(/C#N)C(=O)Nc3cc(Cl)ccc3Cl)N(c3ccccc3)C2=O)cc1. The molecule has 1 aliphatic heterocycles. The van der Waals surface area contributed by atoms with Gasteiger partial charge in [0, 0.05) is 10.7 Å². The summed E-state index contributed by atoms with van der Waals surface area (Å²) in [5, 5.41) is 13.1. The second-order valence-corrected chi connectivity index (χ2v) is 9.71. The van der Waals surface area contributed by atoms with E-state index in [4.69, 9.17) is 23.2 Å². The predicted octanol–water partition coefficient (Wildman–Crippen LogP) is 6.37. The number of nitriles is 1. The van der Waals surface area contributed by atoms with Crippen LogP contribution in [-0.2, 0) is 16.0 Å². The number of thioether (sulfide) groups is 1. The number of amides is 2. The van der Waals surface area contributed by atoms with Crippen LogP contribution in [0.3, 0.4) is 0 Å². The van der Waals surface area contributed by atoms with Gasteiger partial charge in [0.15, 0.2) is 0 Å². The number of hydrogen-bond donors (Lipinski definition) is 1. The van der Waals surface area contributed by atoms with Crippen molar-refractivity contribution in [3.63, 3.8) is 0 Å². The Balaban J connectivity index is 1.72. The number of benzene rings is 3. The van der Waals surface area contributed by atoms with Gasteiger partial charge in [0.1, 0.15) is 16.7 Å². The minimum Gasteiger partial charge on any atom is -0.320 e. The molecule has 4 rings (SSSR count). The van der Waals surface area contributed by atoms with Gasteiger partial charge in [-0.05, 0) is 49.2 Å². The molecule has 0 saturated carbocycles. The third kappa shape index (κ3) is 5.13. The Morgan fingerprint density at radius 2 is 1.79 bits per heavy atom. The number of hydrogen-bond acceptors (Lipinski definition) is 4. The van der Waals surface area contributed by atoms with Gasteiger partial charge < -0.3 is 5.32 Å². The highest BCUT2D eigenvalue weighted by molar-refractivity contribution is 8.05. The highest BCUT2D eigenvalue weighted by Crippen LogP contribution is 2.42. The monoisotopic (exact) mass is 507 g/mol. The molecule has 1 fully saturated rings. The number of carbonyl (C=O) groups excluding carboxylic acids is 2. The summed E-state index contributed by atoms with van der Waals surface area (Å²) < 4.78 is 0. The average Bonchev–Trinajstić information content (AvgIpc) is 3.14. The fourth-order valence-electron chi connectivity index (χ4n) is 3.52. The Morgan fingerprint density at radius 1 is 1.09 bits per heavy atom. The molecule has 0 spiro atoms. The molecule has 170 valence electrons. The van der Waals surface area contributed by atoms with Crippen molar-refractivity contribution < 1.29 is 9.59 Å². The Bertz CT molecular complexity index is 1320. The lowest BCUT2D eigenvalue weighted by atomic mass is 10.1. The Morgan fingerprint density at radius 3 is 2.47 bits per heavy atom. The Kier molecular flexibility index (Phi) is 7.28. The number of rotatable bonds is 5. The molecule has 2 amide bonds. The van der Waals surface area contributed by atoms with Crippen LogP contribution in [0.15, 0.2) is 83.4 Å². The van der Waals surface area contributed by atoms with Gasteiger partial charge in [-0.3, -0.25) is 14.5 Å². The minimum absolute atomic E-state index is 0.176. The summed E-state index contributed by atoms with van der Waals surface area (Å²) in [6.07, 6.45) is 0.469. The molecule has 1 aliphatic rings. The first-order valence-electron chi connectivity index (χ1n) is 10.4. The van der Waals surface area contributed by atoms with E-state index in [1.807, 2.05) is 43.3 Å². The number of anilines is 2. The van der Waals surface area contributed by atoms with E-state index < -0.39 is 11.2 Å². The van der Waals surface area contributed by atoms with Crippen LogP contribution in [0.4, 0.5) is 11.4 Å². The zero-order valence-electron chi connectivity index (χ0n) is 18.1. The first kappa shape index (κ1) is 23.9. The van der Waals surface area contributed by atoms with Crippen LogP contribution < -0.4 is 10.2 Å². The number of carbonyl (C=O) groups is 2. The van der Waals surface area contributed by atoms with E-state index in [0.717, 1.165) is 11.1 Å². The van der Waals surface area contributed by atoms with Crippen LogP contribution >= 0.6 is 35.0 Å². The zero-order chi connectivity index (χ0) is 24.2. The summed E-state index contributed by atoms with van der Waals surface area (Å²) in [5.74, 6) is -0.855. The fraction of sp³-hybridized carbons (Fsp3) is 0.115. The van der Waals surface area contributed by atoms with E-state index in [-0.39, 0.29) is 27.2 Å². The molecule has 34 heavy (non-hydrogen) atoms. The molecule has 3 aromatic rings. The molecule has 0 aromatic heterocycles. The number of aryl methyl sites for hydroxylation is 1. The molecule has 1 atom stereocenters. The maximum atomic E-state index is 13.5. The fourth-order valence-corrected chi connectivity index (χ4v) is 5.16. The first-order valence-corrected chi connectivity index (χ1v) is 12.0. The van der Waals surface area contributed by atoms with Gasteiger partial charge in [0.2, 0.25) is 5.91 Å². The van der Waals surface area contributed by atoms with E-state index in [1.54, 1.807) is 36.4 Å². The maximum Gasteiger partial charge on any atom is 0.269 e. The van der Waals surface area contributed by atoms with E-state index in [9.17, 15) is 14.9 Å². The second-order valence-electron chi connectivity index (χ2n) is 7.68. The summed E-state index contributed by atoms with van der Waals surface area (Å²) in [6, 6.07) is 23.6. The molecule has 0 bridgehead atoms. The normalized spacial score (nSPS) is 16.8. The van der Waals surface area contributed by atoms with E-state index in [1.165, 1.54) is 22.7 Å². The standard InChI is InChI=1S/C26H19Cl2N3O2S/c1-16-7-9-17(10-8-16)13-23-25(33)31(19-5-3-2-4-6-19)26(34-23)20(15-29)24(32)30-22-14-18(27)11-12-21(22)28/h2-12,14,23H,13H2,1H3,(H,30,32)/b26-20-. The third-order valence-electron chi connectivity index (χ3n) is 5.24. The van der Waals surface area contributed by atoms with Crippen molar-refractivity contribution in [2.75, 3.05) is 10.2 Å². The van der Waals surface area contributed by atoms with E-state index in [0.29, 0.717) is 17.1 Å². The maximum absolute atomic E-state index is 13.5. The molecule has 0 radical (unpaired) electrons. The molecule has 3 aromatic carbocycles. The van der Waals surface area contributed by atoms with Crippen LogP contribution in [0.1, 0.15) is 11.1 Å². The highest BCUT2D eigenvalue weighted by Gasteiger charge is 2.40. The van der Waals surface area contributed by atoms with E-state index in [2.05, 4.69) is 5.32 Å². The van der Waals surface area contributed by atoms with Crippen LogP contribution in [0.25, 0.3) is 0 Å². The lowest BCUT2D eigenvalue weighted by Gasteiger charge is -2.18. The summed E-state index contributed by atoms with van der Waals surface area (Å²) in [6.45, 7) is 2.00. The molecule has 1 heterocycles. The summed E-state index contributed by atoms with van der Waals surface area (Å²) in [7, 11) is 0. The molecule has 8 heteroatoms. The molecule has 1 N–H and O–H groups in total. The lowest BCUT2D eigenvalue weighted by Crippen LogP contribution is -2.30. The molecule has 1 unspecified atom stereocenters. The van der Waals surface area contributed by atoms with Gasteiger partial charge in [-0.1, -0.05) is 83.0 Å². The first-order chi connectivity index (χ1) is 16.4. The highest BCUT2D eigenvalue weighted by atomic mass is 35.5. The largest absolute Gasteiger partial charge is 0.320 e. The molecule has 5 nitrogen and oxygen atoms in total. The molecular formula is C26H19Cl2N3O2S. The number of para-hydroxylation sites is 1. The van der Waals surface area contributed by atoms with Crippen molar-refractivity contribution in [3.8, 4) is 6.07 Å². The third-order valence-corrected chi connectivity index (χ3v) is 7.07. The molecular weight excluding hydrogens is 489 g/mol. The Labute approximate surface area is 212 Å². The van der Waals surface area contributed by atoms with Crippen molar-refractivity contribution in [2.45, 2.75) is 18.6 Å². The van der Waals surface area contributed by atoms with Gasteiger partial charge in [-0.25, -0.2) is 0 Å². The quantitative estimate of drug-likeness (QED) is 0.321. The predicted molar refractivity (Wildman–Crippen MR) is 138 cm³/mol. The molecule has 0 aliphatic carbocycles. The van der Waals surface area contributed by atoms with Crippen molar-refractivity contribution >= 4 is 58.2 Å². The van der Waals surface area contributed by atoms with Crippen molar-refractivity contribution in [2.24, 2.45) is 0 Å². The van der Waals surface area contributed by atoms with Crippen LogP contribution in [0, 0.1) is 18.3 Å². The van der Waals surface area contributed by atoms with Crippen LogP contribution in [-0.4, -0.2) is 17.1 Å². The van der Waals surface area contributed by atoms with Crippen LogP contribution in [0.2, 0.25) is 10.0 Å². The van der Waals surface area contributed by atoms with Gasteiger partial charge in [-0.2, -0.15) is 5.26 Å². The van der Waals surface area contributed by atoms with Crippen molar-refractivity contribution in [1.82, 2.24) is 0 Å². The average molecular weight is 508 g/mol. The Hall–Kier alpha value is -3.24. The number of nitrogens with one attached hydrogen (secondary N) is 1. The summed E-state index contributed by atoms with van der Waals surface area (Å²) in [4.78, 5) is 28.1. The van der Waals surface area contributed by atoms with Gasteiger partial charge in [-0.15, -0.1) is 0 Å². The smallest absolute Gasteiger partial charge is 0.269 e. The van der Waals surface area contributed by atoms with Crippen LogP contribution in [0.5, 0.6) is 0 Å².